The molecule has 1 aromatic rings. The van der Waals surface area contributed by atoms with E-state index in [1.165, 1.54) is 18.2 Å². The smallest absolute Gasteiger partial charge is 0.164 e. The Hall–Kier alpha value is -1.10. The Morgan fingerprint density at radius 1 is 1.47 bits per heavy atom. The average Bonchev–Trinajstić information content (AvgIpc) is 2.35. The maximum absolute atomic E-state index is 13.6. The summed E-state index contributed by atoms with van der Waals surface area (Å²) in [5.41, 5.74) is -0.0857. The lowest BCUT2D eigenvalue weighted by Gasteiger charge is -2.05. The number of rotatable bonds is 5. The molecule has 0 amide bonds. The Morgan fingerprint density at radius 2 is 2.12 bits per heavy atom. The first kappa shape index (κ1) is 14.0. The van der Waals surface area contributed by atoms with Gasteiger partial charge >= 0.3 is 0 Å². The first-order chi connectivity index (χ1) is 8.06. The summed E-state index contributed by atoms with van der Waals surface area (Å²) in [5, 5.41) is -0.126. The van der Waals surface area contributed by atoms with Crippen molar-refractivity contribution < 1.29 is 13.0 Å². The van der Waals surface area contributed by atoms with Gasteiger partial charge in [-0.3, -0.25) is 0 Å². The van der Waals surface area contributed by atoms with Gasteiger partial charge in [-0.05, 0) is 19.4 Å². The molecule has 0 aliphatic rings. The van der Waals surface area contributed by atoms with E-state index < -0.39 is 23.0 Å². The van der Waals surface area contributed by atoms with Crippen LogP contribution in [0.25, 0.3) is 0 Å². The molecular formula is C12H15F2NOS. The summed E-state index contributed by atoms with van der Waals surface area (Å²) < 4.78 is 41.9. The van der Waals surface area contributed by atoms with Crippen LogP contribution in [-0.4, -0.2) is 15.7 Å². The van der Waals surface area contributed by atoms with Crippen LogP contribution in [0, 0.1) is 5.82 Å². The van der Waals surface area contributed by atoms with Crippen molar-refractivity contribution in [2.24, 2.45) is 4.40 Å². The molecular weight excluding hydrogens is 244 g/mol. The van der Waals surface area contributed by atoms with Gasteiger partial charge in [0.15, 0.2) is 6.17 Å². The summed E-state index contributed by atoms with van der Waals surface area (Å²) in [6, 6.07) is 5.56. The highest BCUT2D eigenvalue weighted by Gasteiger charge is 2.13. The normalized spacial score (nSPS) is 16.9. The summed E-state index contributed by atoms with van der Waals surface area (Å²) in [4.78, 5) is 0. The van der Waals surface area contributed by atoms with Gasteiger partial charge in [-0.1, -0.05) is 25.1 Å². The van der Waals surface area contributed by atoms with Gasteiger partial charge in [-0.2, -0.15) is 4.40 Å². The zero-order valence-corrected chi connectivity index (χ0v) is 10.6. The zero-order chi connectivity index (χ0) is 12.8. The van der Waals surface area contributed by atoms with E-state index in [0.29, 0.717) is 6.42 Å². The van der Waals surface area contributed by atoms with Gasteiger partial charge in [0, 0.05) is 5.56 Å². The first-order valence-electron chi connectivity index (χ1n) is 5.39. The van der Waals surface area contributed by atoms with Crippen LogP contribution in [0.2, 0.25) is 0 Å². The minimum absolute atomic E-state index is 0.0857. The average molecular weight is 259 g/mol. The van der Waals surface area contributed by atoms with Crippen LogP contribution in [0.5, 0.6) is 0 Å². The number of hydrogen-bond donors (Lipinski definition) is 0. The van der Waals surface area contributed by atoms with Gasteiger partial charge < -0.3 is 0 Å². The van der Waals surface area contributed by atoms with Crippen molar-refractivity contribution in [3.63, 3.8) is 0 Å². The number of nitrogens with zero attached hydrogens (tertiary/aromatic N) is 1. The number of hydrogen-bond acceptors (Lipinski definition) is 1. The van der Waals surface area contributed by atoms with Crippen molar-refractivity contribution in [2.45, 2.75) is 31.7 Å². The molecule has 0 fully saturated rings. The fraction of sp³-hybridized carbons (Fsp3) is 0.417. The molecule has 0 bridgehead atoms. The minimum atomic E-state index is -1.66. The molecule has 0 N–H and O–H groups in total. The Balaban J connectivity index is 2.73. The SMILES string of the molecule is CC[C@@H](C)S(=O)N=CC(F)c1ccccc1F. The van der Waals surface area contributed by atoms with Crippen LogP contribution < -0.4 is 0 Å². The topological polar surface area (TPSA) is 29.4 Å². The molecule has 0 saturated heterocycles. The largest absolute Gasteiger partial charge is 0.236 e. The third-order valence-electron chi connectivity index (χ3n) is 2.42. The molecule has 0 saturated carbocycles. The van der Waals surface area contributed by atoms with Crippen LogP contribution >= 0.6 is 0 Å². The molecule has 2 nitrogen and oxygen atoms in total. The zero-order valence-electron chi connectivity index (χ0n) is 9.77. The molecule has 2 unspecified atom stereocenters. The van der Waals surface area contributed by atoms with Crippen molar-refractivity contribution in [2.75, 3.05) is 0 Å². The maximum Gasteiger partial charge on any atom is 0.164 e. The van der Waals surface area contributed by atoms with Crippen LogP contribution in [0.15, 0.2) is 28.7 Å². The Morgan fingerprint density at radius 3 is 2.71 bits per heavy atom. The van der Waals surface area contributed by atoms with Gasteiger partial charge in [0.05, 0.1) is 11.5 Å². The Labute approximate surface area is 102 Å². The lowest BCUT2D eigenvalue weighted by molar-refractivity contribution is 0.429. The standard InChI is InChI=1S/C12H15F2NOS/c1-3-9(2)17(16)15-8-12(14)10-6-4-5-7-11(10)13/h4-9,12H,3H2,1-2H3/t9-,12?,17?/m1/s1. The molecule has 1 aromatic carbocycles. The number of alkyl halides is 1. The highest BCUT2D eigenvalue weighted by Crippen LogP contribution is 2.18. The van der Waals surface area contributed by atoms with Crippen LogP contribution in [0.3, 0.4) is 0 Å². The third-order valence-corrected chi connectivity index (χ3v) is 3.77. The van der Waals surface area contributed by atoms with E-state index >= 15 is 0 Å². The third kappa shape index (κ3) is 4.00. The van der Waals surface area contributed by atoms with Gasteiger partial charge in [-0.25, -0.2) is 13.0 Å². The van der Waals surface area contributed by atoms with E-state index in [2.05, 4.69) is 4.40 Å². The van der Waals surface area contributed by atoms with E-state index in [0.717, 1.165) is 6.21 Å². The molecule has 1 rings (SSSR count). The highest BCUT2D eigenvalue weighted by molar-refractivity contribution is 7.84. The van der Waals surface area contributed by atoms with E-state index in [1.807, 2.05) is 6.92 Å². The van der Waals surface area contributed by atoms with Crippen molar-refractivity contribution in [3.05, 3.63) is 35.6 Å². The van der Waals surface area contributed by atoms with Gasteiger partial charge in [0.1, 0.15) is 16.8 Å². The molecule has 5 heteroatoms. The molecule has 3 atom stereocenters. The van der Waals surface area contributed by atoms with Crippen molar-refractivity contribution >= 4 is 17.2 Å². The number of halogens is 2. The molecule has 0 spiro atoms. The summed E-state index contributed by atoms with van der Waals surface area (Å²) in [5.74, 6) is -0.624. The minimum Gasteiger partial charge on any atom is -0.236 e. The van der Waals surface area contributed by atoms with E-state index in [9.17, 15) is 13.0 Å². The molecule has 0 heterocycles. The fourth-order valence-electron chi connectivity index (χ4n) is 1.14. The van der Waals surface area contributed by atoms with E-state index in [-0.39, 0.29) is 10.8 Å². The Bertz CT molecular complexity index is 423. The first-order valence-corrected chi connectivity index (χ1v) is 6.56. The van der Waals surface area contributed by atoms with Gasteiger partial charge in [0.25, 0.3) is 0 Å². The van der Waals surface area contributed by atoms with Crippen molar-refractivity contribution in [1.29, 1.82) is 0 Å². The van der Waals surface area contributed by atoms with Gasteiger partial charge in [0.2, 0.25) is 0 Å². The van der Waals surface area contributed by atoms with Crippen LogP contribution in [0.1, 0.15) is 32.0 Å². The highest BCUT2D eigenvalue weighted by atomic mass is 32.2. The van der Waals surface area contributed by atoms with Crippen molar-refractivity contribution in [3.8, 4) is 0 Å². The second-order valence-electron chi connectivity index (χ2n) is 3.67. The Kier molecular flexibility index (Phi) is 5.41. The van der Waals surface area contributed by atoms with E-state index in [4.69, 9.17) is 0 Å². The summed E-state index contributed by atoms with van der Waals surface area (Å²) in [6.45, 7) is 3.64. The predicted octanol–water partition coefficient (Wildman–Crippen LogP) is 3.37. The lowest BCUT2D eigenvalue weighted by Crippen LogP contribution is -2.07. The predicted molar refractivity (Wildman–Crippen MR) is 66.6 cm³/mol. The molecule has 17 heavy (non-hydrogen) atoms. The number of benzene rings is 1. The second-order valence-corrected chi connectivity index (χ2v) is 5.24. The van der Waals surface area contributed by atoms with Gasteiger partial charge in [-0.15, -0.1) is 0 Å². The molecule has 94 valence electrons. The monoisotopic (exact) mass is 259 g/mol. The van der Waals surface area contributed by atoms with Crippen molar-refractivity contribution in [1.82, 2.24) is 0 Å². The summed E-state index contributed by atoms with van der Waals surface area (Å²) in [6.07, 6.45) is -0.0643. The quantitative estimate of drug-likeness (QED) is 0.745. The van der Waals surface area contributed by atoms with E-state index in [1.54, 1.807) is 13.0 Å². The summed E-state index contributed by atoms with van der Waals surface area (Å²) in [7, 11) is -1.46. The molecule has 0 aliphatic heterocycles. The summed E-state index contributed by atoms with van der Waals surface area (Å²) >= 11 is 0. The molecule has 0 radical (unpaired) electrons. The molecule has 0 aliphatic carbocycles. The maximum atomic E-state index is 13.6. The lowest BCUT2D eigenvalue weighted by atomic mass is 10.1. The second kappa shape index (κ2) is 6.59. The molecule has 0 aromatic heterocycles. The fourth-order valence-corrected chi connectivity index (χ4v) is 1.86. The van der Waals surface area contributed by atoms with Crippen LogP contribution in [-0.2, 0) is 11.0 Å². The van der Waals surface area contributed by atoms with Crippen LogP contribution in [0.4, 0.5) is 8.78 Å².